The van der Waals surface area contributed by atoms with Gasteiger partial charge in [0.25, 0.3) is 0 Å². The molecule has 1 saturated heterocycles. The second kappa shape index (κ2) is 6.12. The van der Waals surface area contributed by atoms with Crippen LogP contribution in [-0.2, 0) is 4.79 Å². The minimum Gasteiger partial charge on any atom is -0.481 e. The molecule has 0 atom stereocenters. The van der Waals surface area contributed by atoms with E-state index in [1.165, 1.54) is 4.90 Å². The molecule has 0 radical (unpaired) electrons. The number of piperidine rings is 1. The fourth-order valence-corrected chi connectivity index (χ4v) is 2.15. The Kier molecular flexibility index (Phi) is 5.02. The average molecular weight is 282 g/mol. The van der Waals surface area contributed by atoms with Crippen LogP contribution in [0.1, 0.15) is 19.3 Å². The molecule has 19 heavy (non-hydrogen) atoms. The zero-order valence-corrected chi connectivity index (χ0v) is 10.6. The molecule has 1 rings (SSSR count). The topological polar surface area (TPSA) is 60.9 Å². The van der Waals surface area contributed by atoms with Crippen molar-refractivity contribution in [1.82, 2.24) is 9.80 Å². The van der Waals surface area contributed by atoms with Crippen molar-refractivity contribution in [2.24, 2.45) is 5.92 Å². The first kappa shape index (κ1) is 15.6. The number of nitrogens with zero attached hydrogens (tertiary/aromatic N) is 2. The van der Waals surface area contributed by atoms with Crippen molar-refractivity contribution in [3.63, 3.8) is 0 Å². The number of rotatable bonds is 3. The molecule has 0 aromatic carbocycles. The van der Waals surface area contributed by atoms with Gasteiger partial charge in [0, 0.05) is 26.6 Å². The number of likely N-dealkylation sites (tertiary alicyclic amines) is 1. The molecule has 0 aliphatic carbocycles. The molecule has 1 N–H and O–H groups in total. The summed E-state index contributed by atoms with van der Waals surface area (Å²) in [5.41, 5.74) is 0. The Morgan fingerprint density at radius 1 is 1.32 bits per heavy atom. The van der Waals surface area contributed by atoms with Crippen molar-refractivity contribution in [2.75, 3.05) is 26.7 Å². The summed E-state index contributed by atoms with van der Waals surface area (Å²) in [5.74, 6) is -0.895. The van der Waals surface area contributed by atoms with Crippen molar-refractivity contribution in [2.45, 2.75) is 25.4 Å². The number of halogens is 3. The number of alkyl halides is 3. The van der Waals surface area contributed by atoms with E-state index in [2.05, 4.69) is 0 Å². The standard InChI is InChI=1S/C11H17F3N2O3/c1-15(7-11(12,13)14)10(19)16-4-2-8(3-5-16)6-9(17)18/h8H,2-7H2,1H3,(H,17,18). The smallest absolute Gasteiger partial charge is 0.406 e. The number of urea groups is 1. The Hall–Kier alpha value is -1.47. The maximum atomic E-state index is 12.2. The lowest BCUT2D eigenvalue weighted by atomic mass is 9.94. The Morgan fingerprint density at radius 2 is 1.84 bits per heavy atom. The van der Waals surface area contributed by atoms with E-state index in [9.17, 15) is 22.8 Å². The molecule has 5 nitrogen and oxygen atoms in total. The lowest BCUT2D eigenvalue weighted by Gasteiger charge is -2.34. The zero-order valence-electron chi connectivity index (χ0n) is 10.6. The van der Waals surface area contributed by atoms with Crippen LogP contribution in [0.5, 0.6) is 0 Å². The number of carbonyl (C=O) groups excluding carboxylic acids is 1. The van der Waals surface area contributed by atoms with Gasteiger partial charge in [-0.25, -0.2) is 4.79 Å². The van der Waals surface area contributed by atoms with E-state index in [0.29, 0.717) is 30.8 Å². The number of amides is 2. The van der Waals surface area contributed by atoms with Gasteiger partial charge in [-0.15, -0.1) is 0 Å². The first-order chi connectivity index (χ1) is 8.69. The van der Waals surface area contributed by atoms with E-state index in [4.69, 9.17) is 5.11 Å². The van der Waals surface area contributed by atoms with E-state index < -0.39 is 24.7 Å². The highest BCUT2D eigenvalue weighted by atomic mass is 19.4. The van der Waals surface area contributed by atoms with Gasteiger partial charge in [0.15, 0.2) is 0 Å². The molecular weight excluding hydrogens is 265 g/mol. The minimum absolute atomic E-state index is 0.00512. The third-order valence-electron chi connectivity index (χ3n) is 3.09. The van der Waals surface area contributed by atoms with Gasteiger partial charge >= 0.3 is 18.2 Å². The molecule has 8 heteroatoms. The van der Waals surface area contributed by atoms with Gasteiger partial charge in [-0.3, -0.25) is 4.79 Å². The van der Waals surface area contributed by atoms with Gasteiger partial charge in [0.2, 0.25) is 0 Å². The maximum Gasteiger partial charge on any atom is 0.406 e. The van der Waals surface area contributed by atoms with Gasteiger partial charge < -0.3 is 14.9 Å². The lowest BCUT2D eigenvalue weighted by molar-refractivity contribution is -0.140. The normalized spacial score (nSPS) is 17.4. The summed E-state index contributed by atoms with van der Waals surface area (Å²) in [4.78, 5) is 24.2. The van der Waals surface area contributed by atoms with Crippen LogP contribution in [-0.4, -0.2) is 59.8 Å². The van der Waals surface area contributed by atoms with Crippen molar-refractivity contribution in [3.8, 4) is 0 Å². The Labute approximate surface area is 109 Å². The van der Waals surface area contributed by atoms with Crippen LogP contribution in [0.2, 0.25) is 0 Å². The van der Waals surface area contributed by atoms with Crippen LogP contribution in [0.15, 0.2) is 0 Å². The monoisotopic (exact) mass is 282 g/mol. The lowest BCUT2D eigenvalue weighted by Crippen LogP contribution is -2.47. The van der Waals surface area contributed by atoms with Crippen LogP contribution in [0.25, 0.3) is 0 Å². The number of hydrogen-bond donors (Lipinski definition) is 1. The van der Waals surface area contributed by atoms with Crippen LogP contribution in [0.3, 0.4) is 0 Å². The number of hydrogen-bond acceptors (Lipinski definition) is 2. The first-order valence-electron chi connectivity index (χ1n) is 5.97. The van der Waals surface area contributed by atoms with Crippen molar-refractivity contribution in [1.29, 1.82) is 0 Å². The van der Waals surface area contributed by atoms with Gasteiger partial charge in [-0.05, 0) is 18.8 Å². The van der Waals surface area contributed by atoms with E-state index in [0.717, 1.165) is 7.05 Å². The predicted molar refractivity (Wildman–Crippen MR) is 60.6 cm³/mol. The maximum absolute atomic E-state index is 12.2. The summed E-state index contributed by atoms with van der Waals surface area (Å²) in [7, 11) is 1.11. The van der Waals surface area contributed by atoms with E-state index in [-0.39, 0.29) is 12.3 Å². The van der Waals surface area contributed by atoms with Gasteiger partial charge in [0.1, 0.15) is 6.54 Å². The van der Waals surface area contributed by atoms with Crippen molar-refractivity contribution >= 4 is 12.0 Å². The average Bonchev–Trinajstić information content (AvgIpc) is 2.26. The van der Waals surface area contributed by atoms with Crippen LogP contribution in [0.4, 0.5) is 18.0 Å². The SMILES string of the molecule is CN(CC(F)(F)F)C(=O)N1CCC(CC(=O)O)CC1. The Morgan fingerprint density at radius 3 is 2.26 bits per heavy atom. The summed E-state index contributed by atoms with van der Waals surface area (Å²) in [6.07, 6.45) is -3.34. The predicted octanol–water partition coefficient (Wildman–Crippen LogP) is 1.79. The second-order valence-electron chi connectivity index (χ2n) is 4.78. The van der Waals surface area contributed by atoms with Gasteiger partial charge in [-0.1, -0.05) is 0 Å². The molecule has 1 heterocycles. The third-order valence-corrected chi connectivity index (χ3v) is 3.09. The molecule has 1 fully saturated rings. The molecule has 1 aliphatic heterocycles. The zero-order chi connectivity index (χ0) is 14.6. The summed E-state index contributed by atoms with van der Waals surface area (Å²) in [5, 5.41) is 8.64. The second-order valence-corrected chi connectivity index (χ2v) is 4.78. The molecule has 0 spiro atoms. The quantitative estimate of drug-likeness (QED) is 0.858. The number of carboxylic acids is 1. The third kappa shape index (κ3) is 5.35. The molecule has 0 aromatic rings. The summed E-state index contributed by atoms with van der Waals surface area (Å²) in [6, 6.07) is -0.661. The number of carbonyl (C=O) groups is 2. The molecule has 110 valence electrons. The van der Waals surface area contributed by atoms with Crippen molar-refractivity contribution < 1.29 is 27.9 Å². The molecule has 0 unspecified atom stereocenters. The van der Waals surface area contributed by atoms with E-state index in [1.54, 1.807) is 0 Å². The summed E-state index contributed by atoms with van der Waals surface area (Å²) < 4.78 is 36.5. The molecule has 2 amide bonds. The van der Waals surface area contributed by atoms with Crippen LogP contribution >= 0.6 is 0 Å². The highest BCUT2D eigenvalue weighted by molar-refractivity contribution is 5.74. The fourth-order valence-electron chi connectivity index (χ4n) is 2.15. The summed E-state index contributed by atoms with van der Waals surface area (Å²) >= 11 is 0. The van der Waals surface area contributed by atoms with Crippen LogP contribution < -0.4 is 0 Å². The molecule has 0 bridgehead atoms. The largest absolute Gasteiger partial charge is 0.481 e. The fraction of sp³-hybridized carbons (Fsp3) is 0.818. The Bertz CT molecular complexity index is 339. The Balaban J connectivity index is 2.42. The summed E-state index contributed by atoms with van der Waals surface area (Å²) in [6.45, 7) is -0.668. The van der Waals surface area contributed by atoms with Crippen molar-refractivity contribution in [3.05, 3.63) is 0 Å². The highest BCUT2D eigenvalue weighted by Crippen LogP contribution is 2.22. The van der Waals surface area contributed by atoms with Crippen LogP contribution in [0, 0.1) is 5.92 Å². The molecule has 0 aromatic heterocycles. The first-order valence-corrected chi connectivity index (χ1v) is 5.97. The number of aliphatic carboxylic acids is 1. The molecular formula is C11H17F3N2O3. The number of carboxylic acid groups (broad SMARTS) is 1. The van der Waals surface area contributed by atoms with Gasteiger partial charge in [0.05, 0.1) is 0 Å². The highest BCUT2D eigenvalue weighted by Gasteiger charge is 2.33. The molecule has 1 aliphatic rings. The van der Waals surface area contributed by atoms with E-state index >= 15 is 0 Å². The van der Waals surface area contributed by atoms with Gasteiger partial charge in [-0.2, -0.15) is 13.2 Å². The van der Waals surface area contributed by atoms with E-state index in [1.807, 2.05) is 0 Å². The molecule has 0 saturated carbocycles. The minimum atomic E-state index is -4.41.